The fraction of sp³-hybridized carbons (Fsp3) is 0.891. The van der Waals surface area contributed by atoms with Crippen LogP contribution in [0, 0.1) is 41.4 Å². The zero-order valence-electron chi connectivity index (χ0n) is 38.1. The Morgan fingerprint density at radius 2 is 1.60 bits per heavy atom. The minimum absolute atomic E-state index is 0.0190. The van der Waals surface area contributed by atoms with Crippen LogP contribution in [-0.4, -0.2) is 123 Å². The summed E-state index contributed by atoms with van der Waals surface area (Å²) in [5.41, 5.74) is -1.67. The van der Waals surface area contributed by atoms with E-state index in [1.165, 1.54) is 7.11 Å². The van der Waals surface area contributed by atoms with Gasteiger partial charge in [-0.05, 0) is 95.6 Å². The lowest BCUT2D eigenvalue weighted by Gasteiger charge is -2.54. The van der Waals surface area contributed by atoms with E-state index in [-0.39, 0.29) is 35.7 Å². The molecule has 344 valence electrons. The van der Waals surface area contributed by atoms with E-state index in [4.69, 9.17) is 28.4 Å². The molecule has 5 rings (SSSR count). The molecule has 2 spiro atoms. The highest BCUT2D eigenvalue weighted by Gasteiger charge is 2.63. The van der Waals surface area contributed by atoms with Gasteiger partial charge >= 0.3 is 5.97 Å². The third kappa shape index (κ3) is 9.43. The van der Waals surface area contributed by atoms with Crippen LogP contribution in [0.15, 0.2) is 12.2 Å². The molecule has 0 aliphatic carbocycles. The highest BCUT2D eigenvalue weighted by molar-refractivity contribution is 5.86. The standard InChI is InChI=1S/C46H77NO13/c1-12-31(41(52)47-33(24-48)42(53)55-11)34-16-15-25(4)39(57-34)29(8)37(50)28(7)38(51)32(13-2)40-26(5)23-27(6)45(58-40)20-17-35(49)46(60-45)22-21-43(10,59-46)36-18-19-44(54,14-3)30(9)56-36/h17,20,25-37,39-40,48-50,54H,12-16,18-19,21-24H2,1-11H3,(H,47,52)/t25-,26-,27+,28-,29-,30-,31+,32-,33-,34+,35+,36+,37+,39+,40-,43-,44+,45-,46-/m0/s1. The third-order valence-electron chi connectivity index (χ3n) is 15.5. The molecule has 5 aliphatic heterocycles. The summed E-state index contributed by atoms with van der Waals surface area (Å²) in [6, 6.07) is -1.18. The molecule has 14 heteroatoms. The van der Waals surface area contributed by atoms with Gasteiger partial charge in [-0.3, -0.25) is 9.59 Å². The number of carbonyl (C=O) groups is 3. The van der Waals surface area contributed by atoms with Gasteiger partial charge in [0.15, 0.2) is 11.8 Å². The molecule has 60 heavy (non-hydrogen) atoms. The Balaban J connectivity index is 1.28. The number of Topliss-reactive ketones (excluding diaryl/α,β-unsaturated/α-hetero) is 1. The molecule has 4 saturated heterocycles. The summed E-state index contributed by atoms with van der Waals surface area (Å²) >= 11 is 0. The molecule has 0 unspecified atom stereocenters. The van der Waals surface area contributed by atoms with Crippen molar-refractivity contribution in [2.45, 2.75) is 205 Å². The minimum Gasteiger partial charge on any atom is -0.467 e. The zero-order valence-corrected chi connectivity index (χ0v) is 38.1. The number of hydrogen-bond acceptors (Lipinski definition) is 13. The summed E-state index contributed by atoms with van der Waals surface area (Å²) in [6.07, 6.45) is 4.93. The fourth-order valence-corrected chi connectivity index (χ4v) is 11.1. The molecule has 14 nitrogen and oxygen atoms in total. The van der Waals surface area contributed by atoms with Crippen LogP contribution in [0.2, 0.25) is 0 Å². The van der Waals surface area contributed by atoms with Crippen LogP contribution in [0.25, 0.3) is 0 Å². The van der Waals surface area contributed by atoms with Crippen LogP contribution in [0.1, 0.15) is 133 Å². The third-order valence-corrected chi connectivity index (χ3v) is 15.5. The van der Waals surface area contributed by atoms with Crippen molar-refractivity contribution in [3.63, 3.8) is 0 Å². The number of ketones is 1. The largest absolute Gasteiger partial charge is 0.467 e. The van der Waals surface area contributed by atoms with Crippen molar-refractivity contribution < 1.29 is 63.2 Å². The molecule has 0 saturated carbocycles. The van der Waals surface area contributed by atoms with E-state index >= 15 is 0 Å². The Morgan fingerprint density at radius 3 is 2.20 bits per heavy atom. The van der Waals surface area contributed by atoms with Crippen LogP contribution in [0.4, 0.5) is 0 Å². The van der Waals surface area contributed by atoms with Crippen LogP contribution < -0.4 is 5.32 Å². The Kier molecular flexibility index (Phi) is 15.8. The number of carbonyl (C=O) groups excluding carboxylic acids is 3. The Labute approximate surface area is 357 Å². The molecule has 4 fully saturated rings. The Bertz CT molecular complexity index is 1530. The lowest BCUT2D eigenvalue weighted by molar-refractivity contribution is -0.409. The smallest absolute Gasteiger partial charge is 0.330 e. The summed E-state index contributed by atoms with van der Waals surface area (Å²) < 4.78 is 38.5. The van der Waals surface area contributed by atoms with Gasteiger partial charge < -0.3 is 54.2 Å². The first-order valence-electron chi connectivity index (χ1n) is 22.9. The molecule has 1 amide bonds. The molecule has 5 heterocycles. The number of aliphatic hydroxyl groups excluding tert-OH is 3. The highest BCUT2D eigenvalue weighted by atomic mass is 16.8. The number of methoxy groups -OCH3 is 1. The van der Waals surface area contributed by atoms with Gasteiger partial charge in [-0.25, -0.2) is 4.79 Å². The van der Waals surface area contributed by atoms with E-state index in [1.807, 2.05) is 41.5 Å². The SMILES string of the molecule is CC[C@@H](C(=O)[C@@H](C)[C@@H](O)[C@H](C)[C@@H]1O[C@@H]([C@@H](CC)C(=O)N[C@@H](CO)C(=O)OC)CC[C@@H]1C)[C@H]1O[C@]2(C=C[C@@H](O)[C@]3(CC[C@@](C)([C@H]4CC[C@](O)(CC)[C@H](C)O4)O3)O2)[C@H](C)C[C@@H]1C. The summed E-state index contributed by atoms with van der Waals surface area (Å²) in [5.74, 6) is -6.43. The summed E-state index contributed by atoms with van der Waals surface area (Å²) in [5, 5.41) is 46.7. The van der Waals surface area contributed by atoms with Gasteiger partial charge in [-0.15, -0.1) is 0 Å². The minimum atomic E-state index is -1.40. The second-order valence-corrected chi connectivity index (χ2v) is 19.3. The molecule has 0 bridgehead atoms. The first kappa shape index (κ1) is 49.0. The predicted molar refractivity (Wildman–Crippen MR) is 222 cm³/mol. The second-order valence-electron chi connectivity index (χ2n) is 19.3. The lowest BCUT2D eigenvalue weighted by atomic mass is 9.72. The van der Waals surface area contributed by atoms with Gasteiger partial charge in [0.25, 0.3) is 0 Å². The number of aliphatic hydroxyl groups is 4. The van der Waals surface area contributed by atoms with E-state index in [2.05, 4.69) is 26.1 Å². The van der Waals surface area contributed by atoms with Crippen molar-refractivity contribution in [3.05, 3.63) is 12.2 Å². The molecule has 5 N–H and O–H groups in total. The van der Waals surface area contributed by atoms with E-state index < -0.39 is 101 Å². The normalized spacial score (nSPS) is 42.5. The van der Waals surface area contributed by atoms with Gasteiger partial charge in [0.2, 0.25) is 11.7 Å². The van der Waals surface area contributed by atoms with Crippen molar-refractivity contribution in [2.75, 3.05) is 13.7 Å². The summed E-state index contributed by atoms with van der Waals surface area (Å²) in [7, 11) is 1.19. The highest BCUT2D eigenvalue weighted by Crippen LogP contribution is 2.54. The van der Waals surface area contributed by atoms with Crippen LogP contribution in [0.3, 0.4) is 0 Å². The van der Waals surface area contributed by atoms with Crippen LogP contribution >= 0.6 is 0 Å². The van der Waals surface area contributed by atoms with E-state index in [0.717, 1.165) is 6.42 Å². The number of hydrogen-bond donors (Lipinski definition) is 5. The van der Waals surface area contributed by atoms with Crippen LogP contribution in [0.5, 0.6) is 0 Å². The van der Waals surface area contributed by atoms with Gasteiger partial charge in [0.1, 0.15) is 11.9 Å². The molecule has 0 aromatic carbocycles. The van der Waals surface area contributed by atoms with Gasteiger partial charge in [0.05, 0.1) is 67.5 Å². The first-order chi connectivity index (χ1) is 28.2. The maximum absolute atomic E-state index is 14.6. The van der Waals surface area contributed by atoms with E-state index in [9.17, 15) is 34.8 Å². The molecule has 5 aliphatic rings. The monoisotopic (exact) mass is 852 g/mol. The Morgan fingerprint density at radius 1 is 0.917 bits per heavy atom. The molecular formula is C46H77NO13. The number of ether oxygens (including phenoxy) is 6. The molecule has 0 aromatic rings. The van der Waals surface area contributed by atoms with Crippen molar-refractivity contribution in [1.29, 1.82) is 0 Å². The number of nitrogens with one attached hydrogen (secondary N) is 1. The first-order valence-corrected chi connectivity index (χ1v) is 22.9. The van der Waals surface area contributed by atoms with Gasteiger partial charge in [-0.1, -0.05) is 55.4 Å². The summed E-state index contributed by atoms with van der Waals surface area (Å²) in [4.78, 5) is 40.0. The Hall–Kier alpha value is -2.01. The van der Waals surface area contributed by atoms with Gasteiger partial charge in [0, 0.05) is 30.1 Å². The summed E-state index contributed by atoms with van der Waals surface area (Å²) in [6.45, 7) is 18.9. The number of esters is 1. The number of amides is 1. The van der Waals surface area contributed by atoms with E-state index in [1.54, 1.807) is 19.1 Å². The van der Waals surface area contributed by atoms with Crippen molar-refractivity contribution >= 4 is 17.7 Å². The average molecular weight is 852 g/mol. The lowest BCUT2D eigenvalue weighted by Crippen LogP contribution is -2.63. The predicted octanol–water partition coefficient (Wildman–Crippen LogP) is 4.75. The molecule has 0 aromatic heterocycles. The zero-order chi connectivity index (χ0) is 44.5. The fourth-order valence-electron chi connectivity index (χ4n) is 11.1. The quantitative estimate of drug-likeness (QED) is 0.112. The maximum atomic E-state index is 14.6. The van der Waals surface area contributed by atoms with Crippen molar-refractivity contribution in [3.8, 4) is 0 Å². The van der Waals surface area contributed by atoms with Gasteiger partial charge in [-0.2, -0.15) is 0 Å². The van der Waals surface area contributed by atoms with Crippen molar-refractivity contribution in [2.24, 2.45) is 41.4 Å². The number of rotatable bonds is 15. The molecule has 0 radical (unpaired) electrons. The molecule has 19 atom stereocenters. The average Bonchev–Trinajstić information content (AvgIpc) is 3.58. The topological polar surface area (TPSA) is 200 Å². The molecular weight excluding hydrogens is 774 g/mol. The van der Waals surface area contributed by atoms with Crippen LogP contribution in [-0.2, 0) is 42.8 Å². The van der Waals surface area contributed by atoms with E-state index in [0.29, 0.717) is 57.8 Å². The van der Waals surface area contributed by atoms with Crippen molar-refractivity contribution in [1.82, 2.24) is 5.32 Å². The maximum Gasteiger partial charge on any atom is 0.330 e. The second kappa shape index (κ2) is 19.4.